The predicted octanol–water partition coefficient (Wildman–Crippen LogP) is 0.778. The minimum atomic E-state index is 0.484. The van der Waals surface area contributed by atoms with Gasteiger partial charge in [-0.1, -0.05) is 0 Å². The molecule has 88 valence electrons. The molecule has 3 rings (SSSR count). The average Bonchev–Trinajstić information content (AvgIpc) is 2.85. The number of fused-ring (bicyclic) bond motifs is 1. The van der Waals surface area contributed by atoms with E-state index in [-0.39, 0.29) is 0 Å². The summed E-state index contributed by atoms with van der Waals surface area (Å²) in [6.07, 6.45) is 7.43. The Morgan fingerprint density at radius 2 is 2.24 bits per heavy atom. The number of aromatic nitrogens is 4. The molecule has 2 aromatic rings. The molecule has 0 fully saturated rings. The maximum Gasteiger partial charge on any atom is 0.138 e. The third-order valence-corrected chi connectivity index (χ3v) is 3.15. The summed E-state index contributed by atoms with van der Waals surface area (Å²) in [6, 6.07) is 4.56. The summed E-state index contributed by atoms with van der Waals surface area (Å²) in [5.41, 5.74) is 1.27. The van der Waals surface area contributed by atoms with Gasteiger partial charge in [0.25, 0.3) is 0 Å². The number of nitrogens with zero attached hydrogens (tertiary/aromatic N) is 4. The lowest BCUT2D eigenvalue weighted by Crippen LogP contribution is -2.37. The molecule has 2 aromatic heterocycles. The van der Waals surface area contributed by atoms with Gasteiger partial charge >= 0.3 is 0 Å². The van der Waals surface area contributed by atoms with Crippen LogP contribution in [0.4, 0.5) is 0 Å². The van der Waals surface area contributed by atoms with E-state index in [1.165, 1.54) is 5.56 Å². The minimum absolute atomic E-state index is 0.484. The SMILES string of the molecule is c1cc(CNC2CCc3ncnn3C2)ccn1. The third kappa shape index (κ3) is 2.34. The van der Waals surface area contributed by atoms with Gasteiger partial charge in [-0.15, -0.1) is 0 Å². The molecular formula is C12H15N5. The van der Waals surface area contributed by atoms with Crippen LogP contribution in [0.2, 0.25) is 0 Å². The molecule has 0 bridgehead atoms. The normalized spacial score (nSPS) is 18.9. The molecule has 5 nitrogen and oxygen atoms in total. The quantitative estimate of drug-likeness (QED) is 0.845. The van der Waals surface area contributed by atoms with Crippen molar-refractivity contribution in [1.82, 2.24) is 25.1 Å². The number of rotatable bonds is 3. The van der Waals surface area contributed by atoms with Crippen LogP contribution in [-0.4, -0.2) is 25.8 Å². The second-order valence-corrected chi connectivity index (χ2v) is 4.33. The first-order valence-corrected chi connectivity index (χ1v) is 5.91. The molecule has 1 N–H and O–H groups in total. The Morgan fingerprint density at radius 1 is 1.35 bits per heavy atom. The van der Waals surface area contributed by atoms with Gasteiger partial charge < -0.3 is 5.32 Å². The van der Waals surface area contributed by atoms with Gasteiger partial charge in [-0.2, -0.15) is 5.10 Å². The first-order chi connectivity index (χ1) is 8.42. The fourth-order valence-electron chi connectivity index (χ4n) is 2.17. The zero-order valence-electron chi connectivity index (χ0n) is 9.58. The van der Waals surface area contributed by atoms with Gasteiger partial charge in [0.05, 0.1) is 6.54 Å². The van der Waals surface area contributed by atoms with E-state index in [1.54, 1.807) is 6.33 Å². The number of pyridine rings is 1. The van der Waals surface area contributed by atoms with Crippen LogP contribution in [0.3, 0.4) is 0 Å². The van der Waals surface area contributed by atoms with Gasteiger partial charge in [0.1, 0.15) is 12.2 Å². The molecule has 1 aliphatic rings. The molecule has 5 heteroatoms. The molecule has 0 radical (unpaired) electrons. The van der Waals surface area contributed by atoms with Crippen LogP contribution in [0.25, 0.3) is 0 Å². The highest BCUT2D eigenvalue weighted by Gasteiger charge is 2.18. The summed E-state index contributed by atoms with van der Waals surface area (Å²) in [5.74, 6) is 1.10. The van der Waals surface area contributed by atoms with Crippen molar-refractivity contribution in [3.63, 3.8) is 0 Å². The molecule has 0 aliphatic carbocycles. The summed E-state index contributed by atoms with van der Waals surface area (Å²) < 4.78 is 1.99. The predicted molar refractivity (Wildman–Crippen MR) is 63.2 cm³/mol. The van der Waals surface area contributed by atoms with E-state index < -0.39 is 0 Å². The van der Waals surface area contributed by atoms with Crippen molar-refractivity contribution in [2.24, 2.45) is 0 Å². The largest absolute Gasteiger partial charge is 0.308 e. The van der Waals surface area contributed by atoms with Crippen molar-refractivity contribution >= 4 is 0 Å². The highest BCUT2D eigenvalue weighted by molar-refractivity contribution is 5.09. The van der Waals surface area contributed by atoms with Gasteiger partial charge in [-0.25, -0.2) is 9.67 Å². The van der Waals surface area contributed by atoms with Crippen LogP contribution in [0.5, 0.6) is 0 Å². The van der Waals surface area contributed by atoms with Gasteiger partial charge in [-0.3, -0.25) is 4.98 Å². The van der Waals surface area contributed by atoms with Gasteiger partial charge in [0.2, 0.25) is 0 Å². The zero-order valence-corrected chi connectivity index (χ0v) is 9.58. The zero-order chi connectivity index (χ0) is 11.5. The van der Waals surface area contributed by atoms with E-state index in [0.29, 0.717) is 6.04 Å². The smallest absolute Gasteiger partial charge is 0.138 e. The Kier molecular flexibility index (Phi) is 2.83. The van der Waals surface area contributed by atoms with Crippen LogP contribution in [0.1, 0.15) is 17.8 Å². The highest BCUT2D eigenvalue weighted by atomic mass is 15.3. The summed E-state index contributed by atoms with van der Waals surface area (Å²) >= 11 is 0. The summed E-state index contributed by atoms with van der Waals surface area (Å²) in [6.45, 7) is 1.80. The molecule has 17 heavy (non-hydrogen) atoms. The molecule has 0 amide bonds. The Morgan fingerprint density at radius 3 is 3.12 bits per heavy atom. The Labute approximate surface area is 99.9 Å². The maximum atomic E-state index is 4.23. The highest BCUT2D eigenvalue weighted by Crippen LogP contribution is 2.11. The van der Waals surface area contributed by atoms with Crippen LogP contribution in [-0.2, 0) is 19.5 Å². The Hall–Kier alpha value is -1.75. The number of nitrogens with one attached hydrogen (secondary N) is 1. The molecule has 0 aromatic carbocycles. The molecule has 1 atom stereocenters. The van der Waals surface area contributed by atoms with Gasteiger partial charge in [0.15, 0.2) is 0 Å². The second kappa shape index (κ2) is 4.63. The van der Waals surface area contributed by atoms with E-state index in [9.17, 15) is 0 Å². The number of hydrogen-bond acceptors (Lipinski definition) is 4. The van der Waals surface area contributed by atoms with Crippen molar-refractivity contribution in [1.29, 1.82) is 0 Å². The lowest BCUT2D eigenvalue weighted by molar-refractivity contribution is 0.358. The molecule has 0 saturated heterocycles. The Balaban J connectivity index is 1.58. The molecule has 1 aliphatic heterocycles. The topological polar surface area (TPSA) is 55.6 Å². The summed E-state index contributed by atoms with van der Waals surface area (Å²) in [7, 11) is 0. The number of hydrogen-bond donors (Lipinski definition) is 1. The molecule has 0 saturated carbocycles. The van der Waals surface area contributed by atoms with Crippen molar-refractivity contribution < 1.29 is 0 Å². The maximum absolute atomic E-state index is 4.23. The first kappa shape index (κ1) is 10.4. The van der Waals surface area contributed by atoms with E-state index in [1.807, 2.05) is 29.2 Å². The van der Waals surface area contributed by atoms with Crippen LogP contribution in [0, 0.1) is 0 Å². The van der Waals surface area contributed by atoms with Crippen molar-refractivity contribution in [2.45, 2.75) is 32.0 Å². The fourth-order valence-corrected chi connectivity index (χ4v) is 2.17. The van der Waals surface area contributed by atoms with Crippen LogP contribution in [0.15, 0.2) is 30.9 Å². The fraction of sp³-hybridized carbons (Fsp3) is 0.417. The minimum Gasteiger partial charge on any atom is -0.308 e. The van der Waals surface area contributed by atoms with Crippen LogP contribution >= 0.6 is 0 Å². The third-order valence-electron chi connectivity index (χ3n) is 3.15. The van der Waals surface area contributed by atoms with E-state index >= 15 is 0 Å². The van der Waals surface area contributed by atoms with E-state index in [2.05, 4.69) is 20.4 Å². The van der Waals surface area contributed by atoms with Gasteiger partial charge in [-0.05, 0) is 24.1 Å². The first-order valence-electron chi connectivity index (χ1n) is 5.91. The molecule has 3 heterocycles. The molecule has 0 spiro atoms. The summed E-state index contributed by atoms with van der Waals surface area (Å²) in [4.78, 5) is 8.24. The van der Waals surface area contributed by atoms with Gasteiger partial charge in [0, 0.05) is 31.4 Å². The van der Waals surface area contributed by atoms with E-state index in [4.69, 9.17) is 0 Å². The lowest BCUT2D eigenvalue weighted by Gasteiger charge is -2.23. The monoisotopic (exact) mass is 229 g/mol. The molecule has 1 unspecified atom stereocenters. The van der Waals surface area contributed by atoms with Crippen molar-refractivity contribution in [2.75, 3.05) is 0 Å². The van der Waals surface area contributed by atoms with Crippen LogP contribution < -0.4 is 5.32 Å². The summed E-state index contributed by atoms with van der Waals surface area (Å²) in [5, 5.41) is 7.77. The van der Waals surface area contributed by atoms with Crippen molar-refractivity contribution in [3.8, 4) is 0 Å². The average molecular weight is 229 g/mol. The molecular weight excluding hydrogens is 214 g/mol. The van der Waals surface area contributed by atoms with E-state index in [0.717, 1.165) is 31.8 Å². The van der Waals surface area contributed by atoms with Crippen molar-refractivity contribution in [3.05, 3.63) is 42.2 Å². The Bertz CT molecular complexity index is 479. The standard InChI is InChI=1S/C12H15N5/c1-2-12-15-9-16-17(12)8-11(1)14-7-10-3-5-13-6-4-10/h3-6,9,11,14H,1-2,7-8H2. The second-order valence-electron chi connectivity index (χ2n) is 4.33. The lowest BCUT2D eigenvalue weighted by atomic mass is 10.1. The number of aryl methyl sites for hydroxylation is 1.